The molecule has 0 heterocycles. The van der Waals surface area contributed by atoms with Crippen molar-refractivity contribution in [3.05, 3.63) is 23.8 Å². The second-order valence-electron chi connectivity index (χ2n) is 5.90. The molecule has 6 nitrogen and oxygen atoms in total. The van der Waals surface area contributed by atoms with Crippen molar-refractivity contribution in [3.63, 3.8) is 0 Å². The van der Waals surface area contributed by atoms with E-state index in [0.717, 1.165) is 0 Å². The fourth-order valence-electron chi connectivity index (χ4n) is 1.75. The first-order valence-electron chi connectivity index (χ1n) is 6.63. The van der Waals surface area contributed by atoms with Gasteiger partial charge in [-0.2, -0.15) is 0 Å². The normalized spacial score (nSPS) is 12.6. The Morgan fingerprint density at radius 1 is 1.33 bits per heavy atom. The van der Waals surface area contributed by atoms with Crippen LogP contribution in [0.4, 0.5) is 10.5 Å². The molecule has 0 bridgehead atoms. The van der Waals surface area contributed by atoms with Crippen molar-refractivity contribution in [2.45, 2.75) is 45.6 Å². The maximum Gasteiger partial charge on any atom is 0.412 e. The van der Waals surface area contributed by atoms with E-state index in [1.54, 1.807) is 39.8 Å². The van der Waals surface area contributed by atoms with Crippen LogP contribution in [0, 0.1) is 0 Å². The zero-order chi connectivity index (χ0) is 16.2. The van der Waals surface area contributed by atoms with E-state index >= 15 is 0 Å². The average molecular weight is 295 g/mol. The molecule has 0 aliphatic heterocycles. The Kier molecular flexibility index (Phi) is 5.18. The van der Waals surface area contributed by atoms with Gasteiger partial charge in [0.1, 0.15) is 11.4 Å². The highest BCUT2D eigenvalue weighted by molar-refractivity contribution is 5.87. The van der Waals surface area contributed by atoms with Gasteiger partial charge in [-0.25, -0.2) is 4.79 Å². The molecule has 1 atom stereocenters. The van der Waals surface area contributed by atoms with Crippen LogP contribution in [-0.2, 0) is 9.53 Å². The molecule has 1 amide bonds. The number of carboxylic acids is 1. The van der Waals surface area contributed by atoms with E-state index in [4.69, 9.17) is 9.84 Å². The minimum Gasteiger partial charge on any atom is -0.506 e. The van der Waals surface area contributed by atoms with Gasteiger partial charge in [-0.3, -0.25) is 10.1 Å². The van der Waals surface area contributed by atoms with Crippen molar-refractivity contribution in [1.29, 1.82) is 0 Å². The van der Waals surface area contributed by atoms with E-state index < -0.39 is 17.7 Å². The van der Waals surface area contributed by atoms with E-state index in [2.05, 4.69) is 5.32 Å². The Morgan fingerprint density at radius 2 is 1.95 bits per heavy atom. The van der Waals surface area contributed by atoms with Crippen LogP contribution in [0.5, 0.6) is 5.75 Å². The summed E-state index contributed by atoms with van der Waals surface area (Å²) in [5.41, 5.74) is 0.258. The van der Waals surface area contributed by atoms with E-state index in [1.165, 1.54) is 6.07 Å². The first-order chi connectivity index (χ1) is 9.58. The van der Waals surface area contributed by atoms with Gasteiger partial charge in [-0.15, -0.1) is 0 Å². The molecule has 1 rings (SSSR count). The number of benzene rings is 1. The molecular weight excluding hydrogens is 274 g/mol. The number of amides is 1. The summed E-state index contributed by atoms with van der Waals surface area (Å²) in [6.45, 7) is 6.96. The number of ether oxygens (including phenoxy) is 1. The lowest BCUT2D eigenvalue weighted by Gasteiger charge is -2.20. The van der Waals surface area contributed by atoms with Crippen molar-refractivity contribution in [2.75, 3.05) is 5.32 Å². The van der Waals surface area contributed by atoms with Crippen LogP contribution in [0.1, 0.15) is 45.6 Å². The molecule has 0 saturated heterocycles. The van der Waals surface area contributed by atoms with E-state index in [9.17, 15) is 14.7 Å². The molecule has 0 aliphatic rings. The summed E-state index contributed by atoms with van der Waals surface area (Å²) in [6, 6.07) is 4.59. The first kappa shape index (κ1) is 16.8. The molecule has 3 N–H and O–H groups in total. The molecule has 1 aromatic rings. The summed E-state index contributed by atoms with van der Waals surface area (Å²) < 4.78 is 5.11. The summed E-state index contributed by atoms with van der Waals surface area (Å²) in [7, 11) is 0. The molecule has 0 radical (unpaired) electrons. The van der Waals surface area contributed by atoms with Gasteiger partial charge in [0.15, 0.2) is 0 Å². The highest BCUT2D eigenvalue weighted by atomic mass is 16.6. The van der Waals surface area contributed by atoms with Gasteiger partial charge < -0.3 is 14.9 Å². The van der Waals surface area contributed by atoms with Gasteiger partial charge in [-0.05, 0) is 44.4 Å². The maximum atomic E-state index is 11.7. The number of phenols is 1. The molecule has 21 heavy (non-hydrogen) atoms. The molecule has 0 saturated carbocycles. The third-order valence-electron chi connectivity index (χ3n) is 2.71. The van der Waals surface area contributed by atoms with E-state index in [-0.39, 0.29) is 23.8 Å². The maximum absolute atomic E-state index is 11.7. The van der Waals surface area contributed by atoms with Crippen molar-refractivity contribution >= 4 is 17.7 Å². The summed E-state index contributed by atoms with van der Waals surface area (Å²) in [4.78, 5) is 22.4. The largest absolute Gasteiger partial charge is 0.506 e. The fourth-order valence-corrected chi connectivity index (χ4v) is 1.75. The number of carboxylic acid groups (broad SMARTS) is 1. The standard InChI is InChI=1S/C15H21NO5/c1-9(7-13(18)19)10-5-6-12(17)11(8-10)16-14(20)21-15(2,3)4/h5-6,8-9,17H,7H2,1-4H3,(H,16,20)(H,18,19). The summed E-state index contributed by atoms with van der Waals surface area (Å²) >= 11 is 0. The molecular formula is C15H21NO5. The highest BCUT2D eigenvalue weighted by Gasteiger charge is 2.18. The van der Waals surface area contributed by atoms with Crippen LogP contribution < -0.4 is 5.32 Å². The Labute approximate surface area is 123 Å². The molecule has 0 aromatic heterocycles. The molecule has 1 aromatic carbocycles. The summed E-state index contributed by atoms with van der Waals surface area (Å²) in [5, 5.41) is 21.0. The topological polar surface area (TPSA) is 95.9 Å². The number of aliphatic carboxylic acids is 1. The number of anilines is 1. The monoisotopic (exact) mass is 295 g/mol. The Hall–Kier alpha value is -2.24. The zero-order valence-electron chi connectivity index (χ0n) is 12.6. The van der Waals surface area contributed by atoms with Crippen LogP contribution >= 0.6 is 0 Å². The van der Waals surface area contributed by atoms with E-state index in [1.807, 2.05) is 0 Å². The molecule has 116 valence electrons. The van der Waals surface area contributed by atoms with Crippen LogP contribution in [0.2, 0.25) is 0 Å². The van der Waals surface area contributed by atoms with Gasteiger partial charge in [0.25, 0.3) is 0 Å². The number of hydrogen-bond acceptors (Lipinski definition) is 4. The number of carbonyl (C=O) groups excluding carboxylic acids is 1. The molecule has 6 heteroatoms. The molecule has 1 unspecified atom stereocenters. The second kappa shape index (κ2) is 6.47. The van der Waals surface area contributed by atoms with Crippen LogP contribution in [0.25, 0.3) is 0 Å². The number of nitrogens with one attached hydrogen (secondary N) is 1. The molecule has 0 fully saturated rings. The predicted molar refractivity (Wildman–Crippen MR) is 78.6 cm³/mol. The van der Waals surface area contributed by atoms with Crippen molar-refractivity contribution in [2.24, 2.45) is 0 Å². The lowest BCUT2D eigenvalue weighted by Crippen LogP contribution is -2.27. The molecule has 0 aliphatic carbocycles. The molecule has 0 spiro atoms. The highest BCUT2D eigenvalue weighted by Crippen LogP contribution is 2.29. The number of aromatic hydroxyl groups is 1. The predicted octanol–water partition coefficient (Wildman–Crippen LogP) is 3.32. The third-order valence-corrected chi connectivity index (χ3v) is 2.71. The Bertz CT molecular complexity index is 533. The Balaban J connectivity index is 2.87. The van der Waals surface area contributed by atoms with Crippen LogP contribution in [0.3, 0.4) is 0 Å². The Morgan fingerprint density at radius 3 is 2.48 bits per heavy atom. The van der Waals surface area contributed by atoms with E-state index in [0.29, 0.717) is 5.56 Å². The van der Waals surface area contributed by atoms with Crippen molar-refractivity contribution in [1.82, 2.24) is 0 Å². The minimum absolute atomic E-state index is 0.0311. The van der Waals surface area contributed by atoms with Crippen LogP contribution in [0.15, 0.2) is 18.2 Å². The van der Waals surface area contributed by atoms with Crippen molar-refractivity contribution in [3.8, 4) is 5.75 Å². The van der Waals surface area contributed by atoms with Gasteiger partial charge in [0.2, 0.25) is 0 Å². The third kappa shape index (κ3) is 5.72. The lowest BCUT2D eigenvalue weighted by atomic mass is 9.97. The number of rotatable bonds is 4. The van der Waals surface area contributed by atoms with Crippen molar-refractivity contribution < 1.29 is 24.5 Å². The van der Waals surface area contributed by atoms with Crippen LogP contribution in [-0.4, -0.2) is 27.9 Å². The minimum atomic E-state index is -0.905. The smallest absolute Gasteiger partial charge is 0.412 e. The number of hydrogen-bond donors (Lipinski definition) is 3. The number of carbonyl (C=O) groups is 2. The quantitative estimate of drug-likeness (QED) is 0.740. The second-order valence-corrected chi connectivity index (χ2v) is 5.90. The van der Waals surface area contributed by atoms with Gasteiger partial charge in [0, 0.05) is 0 Å². The average Bonchev–Trinajstić information content (AvgIpc) is 2.28. The van der Waals surface area contributed by atoms with Gasteiger partial charge in [-0.1, -0.05) is 13.0 Å². The van der Waals surface area contributed by atoms with Gasteiger partial charge >= 0.3 is 12.1 Å². The van der Waals surface area contributed by atoms with Gasteiger partial charge in [0.05, 0.1) is 12.1 Å². The zero-order valence-corrected chi connectivity index (χ0v) is 12.6. The summed E-state index contributed by atoms with van der Waals surface area (Å²) in [5.74, 6) is -1.24. The summed E-state index contributed by atoms with van der Waals surface area (Å²) in [6.07, 6.45) is -0.711. The fraction of sp³-hybridized carbons (Fsp3) is 0.467. The first-order valence-corrected chi connectivity index (χ1v) is 6.63. The SMILES string of the molecule is CC(CC(=O)O)c1ccc(O)c(NC(=O)OC(C)(C)C)c1. The number of phenolic OH excluding ortho intramolecular Hbond substituents is 1. The lowest BCUT2D eigenvalue weighted by molar-refractivity contribution is -0.137.